The molecule has 0 saturated carbocycles. The molecule has 0 bridgehead atoms. The van der Waals surface area contributed by atoms with E-state index in [1.807, 2.05) is 11.3 Å². The lowest BCUT2D eigenvalue weighted by atomic mass is 9.36. The first-order valence-corrected chi connectivity index (χ1v) is 20.4. The number of anilines is 6. The van der Waals surface area contributed by atoms with Gasteiger partial charge in [-0.2, -0.15) is 0 Å². The van der Waals surface area contributed by atoms with Gasteiger partial charge in [-0.1, -0.05) is 127 Å². The minimum atomic E-state index is -0.398. The predicted octanol–water partition coefficient (Wildman–Crippen LogP) is 11.6. The van der Waals surface area contributed by atoms with E-state index < -0.39 is 5.41 Å². The molecular weight excluding hydrogens is 695 g/mol. The highest BCUT2D eigenvalue weighted by molar-refractivity contribution is 7.33. The normalized spacial score (nSPS) is 14.6. The molecule has 0 fully saturated rings. The van der Waals surface area contributed by atoms with E-state index in [-0.39, 0.29) is 6.71 Å². The zero-order valence-corrected chi connectivity index (χ0v) is 31.5. The highest BCUT2D eigenvalue weighted by Gasteiger charge is 2.52. The van der Waals surface area contributed by atoms with Crippen molar-refractivity contribution < 1.29 is 0 Å². The Kier molecular flexibility index (Phi) is 6.03. The molecule has 1 spiro atoms. The molecule has 13 rings (SSSR count). The number of aryl methyl sites for hydroxylation is 1. The minimum absolute atomic E-state index is 0.0909. The van der Waals surface area contributed by atoms with Crippen LogP contribution in [0.3, 0.4) is 0 Å². The van der Waals surface area contributed by atoms with Gasteiger partial charge in [0.2, 0.25) is 0 Å². The van der Waals surface area contributed by atoms with E-state index in [4.69, 9.17) is 0 Å². The largest absolute Gasteiger partial charge is 0.311 e. The van der Waals surface area contributed by atoms with Gasteiger partial charge in [0.25, 0.3) is 6.71 Å². The Bertz CT molecular complexity index is 3080. The third-order valence-corrected chi connectivity index (χ3v) is 14.1. The molecule has 0 amide bonds. The quantitative estimate of drug-likeness (QED) is 0.164. The van der Waals surface area contributed by atoms with E-state index in [1.54, 1.807) is 0 Å². The Morgan fingerprint density at radius 2 is 1.02 bits per heavy atom. The Morgan fingerprint density at radius 1 is 0.464 bits per heavy atom. The van der Waals surface area contributed by atoms with Crippen LogP contribution in [0, 0.1) is 6.92 Å². The third-order valence-electron chi connectivity index (χ3n) is 12.9. The number of fused-ring (bicyclic) bond motifs is 16. The number of benzene rings is 8. The summed E-state index contributed by atoms with van der Waals surface area (Å²) in [7, 11) is 0. The Hall–Kier alpha value is -6.62. The molecule has 2 nitrogen and oxygen atoms in total. The van der Waals surface area contributed by atoms with Gasteiger partial charge in [0, 0.05) is 43.3 Å². The second kappa shape index (κ2) is 11.0. The van der Waals surface area contributed by atoms with Crippen LogP contribution < -0.4 is 25.5 Å². The number of para-hydroxylation sites is 2. The van der Waals surface area contributed by atoms with Crippen LogP contribution in [0.15, 0.2) is 182 Å². The molecule has 1 aromatic heterocycles. The molecule has 0 atom stereocenters. The summed E-state index contributed by atoms with van der Waals surface area (Å²) in [5, 5.41) is 1.32. The molecule has 56 heavy (non-hydrogen) atoms. The van der Waals surface area contributed by atoms with Gasteiger partial charge < -0.3 is 9.80 Å². The van der Waals surface area contributed by atoms with Crippen LogP contribution in [0.2, 0.25) is 0 Å². The molecule has 9 aromatic rings. The maximum absolute atomic E-state index is 2.60. The average Bonchev–Trinajstić information content (AvgIpc) is 3.87. The molecular formula is C52H33BN2S. The maximum Gasteiger partial charge on any atom is 0.264 e. The fraction of sp³-hybridized carbons (Fsp3) is 0.0385. The molecule has 3 heterocycles. The van der Waals surface area contributed by atoms with Crippen molar-refractivity contribution in [2.24, 2.45) is 0 Å². The van der Waals surface area contributed by atoms with Gasteiger partial charge in [-0.05, 0) is 123 Å². The highest BCUT2D eigenvalue weighted by atomic mass is 32.1. The Labute approximate surface area is 330 Å². The second-order valence-corrected chi connectivity index (χ2v) is 16.7. The number of rotatable bonds is 2. The monoisotopic (exact) mass is 728 g/mol. The van der Waals surface area contributed by atoms with E-state index in [0.717, 1.165) is 0 Å². The average molecular weight is 729 g/mol. The molecule has 4 aliphatic rings. The van der Waals surface area contributed by atoms with Crippen LogP contribution in [-0.4, -0.2) is 6.71 Å². The lowest BCUT2D eigenvalue weighted by Crippen LogP contribution is -2.60. The van der Waals surface area contributed by atoms with Gasteiger partial charge in [-0.3, -0.25) is 0 Å². The van der Waals surface area contributed by atoms with Crippen molar-refractivity contribution in [1.82, 2.24) is 0 Å². The van der Waals surface area contributed by atoms with Crippen molar-refractivity contribution in [3.8, 4) is 22.3 Å². The summed E-state index contributed by atoms with van der Waals surface area (Å²) >= 11 is 1.98. The lowest BCUT2D eigenvalue weighted by molar-refractivity contribution is 0.795. The molecule has 260 valence electrons. The fourth-order valence-electron chi connectivity index (χ4n) is 10.8. The van der Waals surface area contributed by atoms with Crippen molar-refractivity contribution in [3.63, 3.8) is 0 Å². The summed E-state index contributed by atoms with van der Waals surface area (Å²) in [6, 6.07) is 68.5. The zero-order chi connectivity index (χ0) is 36.7. The van der Waals surface area contributed by atoms with Crippen molar-refractivity contribution in [1.29, 1.82) is 0 Å². The van der Waals surface area contributed by atoms with Crippen molar-refractivity contribution in [2.45, 2.75) is 12.3 Å². The molecule has 0 N–H and O–H groups in total. The Morgan fingerprint density at radius 3 is 1.66 bits per heavy atom. The van der Waals surface area contributed by atoms with Gasteiger partial charge in [0.1, 0.15) is 0 Å². The SMILES string of the molecule is Cc1ccc2c(c1)N(c1ccccc1)c1cccc3c1B2c1sc2cc4c(cc2c1N3c1ccccc1)C1(c2ccccc2-c2ccccc21)c1ccccc1-4. The fourth-order valence-corrected chi connectivity index (χ4v) is 12.2. The van der Waals surface area contributed by atoms with Gasteiger partial charge >= 0.3 is 0 Å². The third kappa shape index (κ3) is 3.73. The summed E-state index contributed by atoms with van der Waals surface area (Å²) < 4.78 is 2.73. The summed E-state index contributed by atoms with van der Waals surface area (Å²) in [4.78, 5) is 5.06. The van der Waals surface area contributed by atoms with Crippen LogP contribution in [-0.2, 0) is 5.41 Å². The number of hydrogen-bond donors (Lipinski definition) is 0. The molecule has 0 saturated heterocycles. The van der Waals surface area contributed by atoms with Gasteiger partial charge in [0.15, 0.2) is 0 Å². The summed E-state index contributed by atoms with van der Waals surface area (Å²) in [5.41, 5.74) is 21.9. The van der Waals surface area contributed by atoms with E-state index >= 15 is 0 Å². The van der Waals surface area contributed by atoms with Crippen LogP contribution in [0.5, 0.6) is 0 Å². The first kappa shape index (κ1) is 30.7. The molecule has 0 radical (unpaired) electrons. The molecule has 0 unspecified atom stereocenters. The topological polar surface area (TPSA) is 6.48 Å². The van der Waals surface area contributed by atoms with Gasteiger partial charge in [-0.15, -0.1) is 11.3 Å². The van der Waals surface area contributed by atoms with Crippen molar-refractivity contribution >= 4 is 78.0 Å². The van der Waals surface area contributed by atoms with Gasteiger partial charge in [-0.25, -0.2) is 0 Å². The smallest absolute Gasteiger partial charge is 0.264 e. The van der Waals surface area contributed by atoms with E-state index in [2.05, 4.69) is 199 Å². The van der Waals surface area contributed by atoms with E-state index in [1.165, 1.54) is 110 Å². The number of nitrogens with zero attached hydrogens (tertiary/aromatic N) is 2. The standard InChI is InChI=1S/C52H33BN2S/c1-32-27-28-44-47(29-32)54(33-15-4-2-5-16-33)45-25-14-26-46-49(45)53(44)51-50(55(46)34-17-6-3-7-18-34)39-30-43-38(31-48(39)56-51)37-21-10-13-24-42(37)52(43)40-22-11-8-19-35(40)36-20-9-12-23-41(36)52/h2-31H,1H3. The van der Waals surface area contributed by atoms with Crippen molar-refractivity contribution in [2.75, 3.05) is 9.80 Å². The zero-order valence-electron chi connectivity index (χ0n) is 30.7. The van der Waals surface area contributed by atoms with Crippen LogP contribution >= 0.6 is 11.3 Å². The molecule has 2 aliphatic heterocycles. The number of hydrogen-bond acceptors (Lipinski definition) is 3. The second-order valence-electron chi connectivity index (χ2n) is 15.6. The van der Waals surface area contributed by atoms with Crippen LogP contribution in [0.1, 0.15) is 27.8 Å². The minimum Gasteiger partial charge on any atom is -0.311 e. The van der Waals surface area contributed by atoms with E-state index in [0.29, 0.717) is 0 Å². The summed E-state index contributed by atoms with van der Waals surface area (Å²) in [6.07, 6.45) is 0. The number of thiophene rings is 1. The maximum atomic E-state index is 2.60. The molecule has 8 aromatic carbocycles. The van der Waals surface area contributed by atoms with Gasteiger partial charge in [0.05, 0.1) is 11.1 Å². The van der Waals surface area contributed by atoms with Crippen LogP contribution in [0.4, 0.5) is 34.1 Å². The molecule has 4 heteroatoms. The molecule has 2 aliphatic carbocycles. The van der Waals surface area contributed by atoms with Crippen molar-refractivity contribution in [3.05, 3.63) is 210 Å². The predicted molar refractivity (Wildman–Crippen MR) is 237 cm³/mol. The first-order valence-electron chi connectivity index (χ1n) is 19.6. The Balaban J connectivity index is 1.15. The first-order chi connectivity index (χ1) is 27.7. The summed E-state index contributed by atoms with van der Waals surface area (Å²) in [5.74, 6) is 0. The highest BCUT2D eigenvalue weighted by Crippen LogP contribution is 2.64. The summed E-state index contributed by atoms with van der Waals surface area (Å²) in [6.45, 7) is 2.31. The lowest BCUT2D eigenvalue weighted by Gasteiger charge is -2.43. The van der Waals surface area contributed by atoms with E-state index in [9.17, 15) is 0 Å². The van der Waals surface area contributed by atoms with Crippen LogP contribution in [0.25, 0.3) is 32.3 Å².